The van der Waals surface area contributed by atoms with Crippen LogP contribution in [-0.2, 0) is 11.2 Å². The Hall–Kier alpha value is -1.10. The molecule has 0 radical (unpaired) electrons. The fourth-order valence-electron chi connectivity index (χ4n) is 2.75. The number of aliphatic hydroxyl groups excluding tert-OH is 1. The Bertz CT molecular complexity index is 511. The van der Waals surface area contributed by atoms with Crippen molar-refractivity contribution in [3.8, 4) is 0 Å². The predicted octanol–water partition coefficient (Wildman–Crippen LogP) is 2.11. The van der Waals surface area contributed by atoms with Crippen molar-refractivity contribution in [2.24, 2.45) is 0 Å². The Labute approximate surface area is 137 Å². The molecule has 1 N–H and O–H groups in total. The standard InChI is InChI=1S/C17H25ClN2O2/c1-13-3-4-15(11-16(13)18)5-6-17(22)20-9-7-19(8-10-20)12-14(2)21/h3-4,11,14,21H,5-10,12H2,1-2H3/t14-/m0/s1. The first-order valence-corrected chi connectivity index (χ1v) is 8.26. The first kappa shape index (κ1) is 17.3. The van der Waals surface area contributed by atoms with Crippen molar-refractivity contribution in [2.75, 3.05) is 32.7 Å². The Morgan fingerprint density at radius 1 is 1.32 bits per heavy atom. The van der Waals surface area contributed by atoms with Gasteiger partial charge in [0.1, 0.15) is 0 Å². The zero-order valence-electron chi connectivity index (χ0n) is 13.4. The minimum absolute atomic E-state index is 0.202. The number of carbonyl (C=O) groups excluding carboxylic acids is 1. The summed E-state index contributed by atoms with van der Waals surface area (Å²) in [5.74, 6) is 0.202. The number of benzene rings is 1. The van der Waals surface area contributed by atoms with E-state index in [1.54, 1.807) is 6.92 Å². The van der Waals surface area contributed by atoms with Gasteiger partial charge < -0.3 is 10.0 Å². The van der Waals surface area contributed by atoms with Crippen LogP contribution < -0.4 is 0 Å². The molecule has 0 saturated carbocycles. The number of rotatable bonds is 5. The van der Waals surface area contributed by atoms with Gasteiger partial charge >= 0.3 is 0 Å². The highest BCUT2D eigenvalue weighted by atomic mass is 35.5. The molecule has 1 aromatic carbocycles. The molecule has 4 nitrogen and oxygen atoms in total. The van der Waals surface area contributed by atoms with Crippen molar-refractivity contribution in [1.29, 1.82) is 0 Å². The van der Waals surface area contributed by atoms with Crippen LogP contribution in [0.1, 0.15) is 24.5 Å². The number of hydrogen-bond acceptors (Lipinski definition) is 3. The molecule has 1 amide bonds. The Morgan fingerprint density at radius 3 is 2.59 bits per heavy atom. The highest BCUT2D eigenvalue weighted by Crippen LogP contribution is 2.18. The highest BCUT2D eigenvalue weighted by Gasteiger charge is 2.21. The lowest BCUT2D eigenvalue weighted by Crippen LogP contribution is -2.50. The molecule has 0 bridgehead atoms. The molecule has 22 heavy (non-hydrogen) atoms. The lowest BCUT2D eigenvalue weighted by atomic mass is 10.1. The first-order chi connectivity index (χ1) is 10.5. The van der Waals surface area contributed by atoms with Gasteiger partial charge in [-0.25, -0.2) is 0 Å². The molecule has 122 valence electrons. The highest BCUT2D eigenvalue weighted by molar-refractivity contribution is 6.31. The average molecular weight is 325 g/mol. The van der Waals surface area contributed by atoms with E-state index < -0.39 is 0 Å². The third-order valence-electron chi connectivity index (χ3n) is 4.11. The zero-order chi connectivity index (χ0) is 16.1. The van der Waals surface area contributed by atoms with Gasteiger partial charge in [-0.05, 0) is 37.5 Å². The summed E-state index contributed by atoms with van der Waals surface area (Å²) < 4.78 is 0. The van der Waals surface area contributed by atoms with Gasteiger partial charge in [0.2, 0.25) is 5.91 Å². The molecule has 5 heteroatoms. The topological polar surface area (TPSA) is 43.8 Å². The zero-order valence-corrected chi connectivity index (χ0v) is 14.1. The van der Waals surface area contributed by atoms with Gasteiger partial charge in [0.15, 0.2) is 0 Å². The van der Waals surface area contributed by atoms with Gasteiger partial charge in [0, 0.05) is 44.2 Å². The minimum atomic E-state index is -0.312. The molecule has 1 aliphatic rings. The summed E-state index contributed by atoms with van der Waals surface area (Å²) in [5, 5.41) is 10.2. The summed E-state index contributed by atoms with van der Waals surface area (Å²) >= 11 is 6.11. The SMILES string of the molecule is Cc1ccc(CCC(=O)N2CCN(C[C@H](C)O)CC2)cc1Cl. The van der Waals surface area contributed by atoms with Crippen LogP contribution in [0, 0.1) is 6.92 Å². The average Bonchev–Trinajstić information content (AvgIpc) is 2.48. The van der Waals surface area contributed by atoms with Crippen LogP contribution in [0.15, 0.2) is 18.2 Å². The second-order valence-electron chi connectivity index (χ2n) is 6.11. The van der Waals surface area contributed by atoms with Crippen LogP contribution in [0.5, 0.6) is 0 Å². The molecule has 1 fully saturated rings. The number of β-amino-alcohol motifs (C(OH)–C–C–N with tert-alkyl or cyclic N) is 1. The summed E-state index contributed by atoms with van der Waals surface area (Å²) in [7, 11) is 0. The summed E-state index contributed by atoms with van der Waals surface area (Å²) in [4.78, 5) is 16.4. The molecule has 1 saturated heterocycles. The van der Waals surface area contributed by atoms with E-state index in [4.69, 9.17) is 11.6 Å². The predicted molar refractivity (Wildman–Crippen MR) is 89.2 cm³/mol. The second-order valence-corrected chi connectivity index (χ2v) is 6.52. The molecule has 2 rings (SSSR count). The number of piperazine rings is 1. The summed E-state index contributed by atoms with van der Waals surface area (Å²) in [6, 6.07) is 5.98. The summed E-state index contributed by atoms with van der Waals surface area (Å²) in [5.41, 5.74) is 2.17. The summed E-state index contributed by atoms with van der Waals surface area (Å²) in [6.07, 6.45) is 0.941. The van der Waals surface area contributed by atoms with Gasteiger partial charge in [-0.3, -0.25) is 9.69 Å². The maximum atomic E-state index is 12.3. The number of hydrogen-bond donors (Lipinski definition) is 1. The van der Waals surface area contributed by atoms with Gasteiger partial charge in [0.05, 0.1) is 6.10 Å². The van der Waals surface area contributed by atoms with Crippen molar-refractivity contribution in [3.05, 3.63) is 34.3 Å². The van der Waals surface area contributed by atoms with Crippen LogP contribution in [0.3, 0.4) is 0 Å². The van der Waals surface area contributed by atoms with E-state index in [0.29, 0.717) is 13.0 Å². The van der Waals surface area contributed by atoms with Crippen molar-refractivity contribution < 1.29 is 9.90 Å². The number of nitrogens with zero attached hydrogens (tertiary/aromatic N) is 2. The molecule has 0 unspecified atom stereocenters. The third-order valence-corrected chi connectivity index (χ3v) is 4.52. The van der Waals surface area contributed by atoms with Crippen molar-refractivity contribution in [1.82, 2.24) is 9.80 Å². The van der Waals surface area contributed by atoms with Crippen LogP contribution in [0.2, 0.25) is 5.02 Å². The van der Waals surface area contributed by atoms with Gasteiger partial charge in [-0.15, -0.1) is 0 Å². The lowest BCUT2D eigenvalue weighted by molar-refractivity contribution is -0.133. The third kappa shape index (κ3) is 4.97. The number of carbonyl (C=O) groups is 1. The van der Waals surface area contributed by atoms with Crippen molar-refractivity contribution in [3.63, 3.8) is 0 Å². The van der Waals surface area contributed by atoms with E-state index in [1.165, 1.54) is 0 Å². The molecule has 0 aliphatic carbocycles. The maximum absolute atomic E-state index is 12.3. The number of aryl methyl sites for hydroxylation is 2. The minimum Gasteiger partial charge on any atom is -0.392 e. The number of amides is 1. The second kappa shape index (κ2) is 7.95. The van der Waals surface area contributed by atoms with Gasteiger partial charge in [-0.2, -0.15) is 0 Å². The van der Waals surface area contributed by atoms with Crippen molar-refractivity contribution in [2.45, 2.75) is 32.8 Å². The van der Waals surface area contributed by atoms with Crippen molar-refractivity contribution >= 4 is 17.5 Å². The smallest absolute Gasteiger partial charge is 0.222 e. The molecule has 1 heterocycles. The van der Waals surface area contributed by atoms with E-state index in [-0.39, 0.29) is 12.0 Å². The Morgan fingerprint density at radius 2 is 2.00 bits per heavy atom. The monoisotopic (exact) mass is 324 g/mol. The van der Waals surface area contributed by atoms with Gasteiger partial charge in [0.25, 0.3) is 0 Å². The van der Waals surface area contributed by atoms with E-state index in [0.717, 1.165) is 48.7 Å². The first-order valence-electron chi connectivity index (χ1n) is 7.89. The van der Waals surface area contributed by atoms with Crippen LogP contribution in [0.25, 0.3) is 0 Å². The molecule has 1 atom stereocenters. The fourth-order valence-corrected chi connectivity index (χ4v) is 2.96. The van der Waals surface area contributed by atoms with E-state index in [2.05, 4.69) is 4.90 Å². The summed E-state index contributed by atoms with van der Waals surface area (Å²) in [6.45, 7) is 7.64. The molecule has 1 aliphatic heterocycles. The molecular formula is C17H25ClN2O2. The molecule has 0 spiro atoms. The van der Waals surface area contributed by atoms with Crippen LogP contribution in [0.4, 0.5) is 0 Å². The number of halogens is 1. The van der Waals surface area contributed by atoms with Gasteiger partial charge in [-0.1, -0.05) is 23.7 Å². The van der Waals surface area contributed by atoms with E-state index in [1.807, 2.05) is 30.0 Å². The fraction of sp³-hybridized carbons (Fsp3) is 0.588. The maximum Gasteiger partial charge on any atom is 0.222 e. The molecular weight excluding hydrogens is 300 g/mol. The quantitative estimate of drug-likeness (QED) is 0.902. The largest absolute Gasteiger partial charge is 0.392 e. The Kier molecular flexibility index (Phi) is 6.24. The normalized spacial score (nSPS) is 17.5. The Balaban J connectivity index is 1.77. The van der Waals surface area contributed by atoms with Crippen LogP contribution in [-0.4, -0.2) is 59.6 Å². The number of aliphatic hydroxyl groups is 1. The van der Waals surface area contributed by atoms with E-state index >= 15 is 0 Å². The molecule has 1 aromatic rings. The lowest BCUT2D eigenvalue weighted by Gasteiger charge is -2.35. The molecule has 0 aromatic heterocycles. The van der Waals surface area contributed by atoms with E-state index in [9.17, 15) is 9.90 Å². The van der Waals surface area contributed by atoms with Crippen LogP contribution >= 0.6 is 11.6 Å².